The van der Waals surface area contributed by atoms with Crippen LogP contribution in [0.2, 0.25) is 0 Å². The third-order valence-electron chi connectivity index (χ3n) is 3.39. The van der Waals surface area contributed by atoms with Crippen molar-refractivity contribution in [3.8, 4) is 0 Å². The maximum atomic E-state index is 10.3. The molecule has 4 atom stereocenters. The zero-order valence-electron chi connectivity index (χ0n) is 12.9. The van der Waals surface area contributed by atoms with Crippen molar-refractivity contribution in [1.82, 2.24) is 0 Å². The lowest BCUT2D eigenvalue weighted by Crippen LogP contribution is -2.49. The minimum Gasteiger partial charge on any atom is -0.394 e. The van der Waals surface area contributed by atoms with Gasteiger partial charge in [-0.3, -0.25) is 0 Å². The van der Waals surface area contributed by atoms with Crippen LogP contribution in [0.5, 0.6) is 0 Å². The lowest BCUT2D eigenvalue weighted by molar-refractivity contribution is -0.278. The average molecular weight is 290 g/mol. The van der Waals surface area contributed by atoms with Gasteiger partial charge < -0.3 is 29.2 Å². The Balaban J connectivity index is 2.16. The van der Waals surface area contributed by atoms with Crippen LogP contribution in [0.25, 0.3) is 0 Å². The number of rotatable bonds is 3. The van der Waals surface area contributed by atoms with Crippen LogP contribution < -0.4 is 0 Å². The average Bonchev–Trinajstić information content (AvgIpc) is 2.74. The zero-order chi connectivity index (χ0) is 15.2. The fourth-order valence-electron chi connectivity index (χ4n) is 2.51. The molecule has 2 unspecified atom stereocenters. The number of ether oxygens (including phenoxy) is 4. The van der Waals surface area contributed by atoms with Crippen LogP contribution in [0.15, 0.2) is 0 Å². The molecular formula is C14H26O6. The molecule has 20 heavy (non-hydrogen) atoms. The van der Waals surface area contributed by atoms with E-state index in [1.807, 2.05) is 20.8 Å². The van der Waals surface area contributed by atoms with Crippen LogP contribution in [0, 0.1) is 5.41 Å². The Labute approximate surface area is 120 Å². The highest BCUT2D eigenvalue weighted by molar-refractivity contribution is 5.01. The molecule has 2 heterocycles. The smallest absolute Gasteiger partial charge is 0.224 e. The van der Waals surface area contributed by atoms with Crippen molar-refractivity contribution in [3.63, 3.8) is 0 Å². The third kappa shape index (κ3) is 3.16. The zero-order valence-corrected chi connectivity index (χ0v) is 12.9. The molecule has 0 aromatic rings. The van der Waals surface area contributed by atoms with Crippen molar-refractivity contribution in [2.24, 2.45) is 5.41 Å². The SMILES string of the molecule is CC(C)(C)COC1C(O)[C@@H](CO)O[C@]12COC(C)(C)O2. The van der Waals surface area contributed by atoms with Crippen molar-refractivity contribution in [2.45, 2.75) is 64.5 Å². The van der Waals surface area contributed by atoms with E-state index >= 15 is 0 Å². The first-order chi connectivity index (χ1) is 9.09. The van der Waals surface area contributed by atoms with Gasteiger partial charge in [0, 0.05) is 0 Å². The van der Waals surface area contributed by atoms with E-state index in [0.29, 0.717) is 6.61 Å². The second-order valence-electron chi connectivity index (χ2n) is 7.22. The first-order valence-electron chi connectivity index (χ1n) is 7.01. The van der Waals surface area contributed by atoms with E-state index < -0.39 is 29.9 Å². The summed E-state index contributed by atoms with van der Waals surface area (Å²) in [5.74, 6) is -1.95. The fourth-order valence-corrected chi connectivity index (χ4v) is 2.51. The molecule has 2 aliphatic rings. The standard InChI is InChI=1S/C14H26O6/c1-12(2,3)7-17-11-10(16)9(6-15)19-14(11)8-18-13(4,5)20-14/h9-11,15-16H,6-8H2,1-5H3/t9-,10?,11?,14+/m1/s1. The van der Waals surface area contributed by atoms with E-state index in [-0.39, 0.29) is 18.6 Å². The summed E-state index contributed by atoms with van der Waals surface area (Å²) in [5.41, 5.74) is -0.0484. The van der Waals surface area contributed by atoms with Crippen LogP contribution >= 0.6 is 0 Å². The minimum atomic E-state index is -1.15. The number of aliphatic hydroxyl groups is 2. The first kappa shape index (κ1) is 16.1. The van der Waals surface area contributed by atoms with Crippen LogP contribution in [-0.2, 0) is 18.9 Å². The molecule has 2 aliphatic heterocycles. The molecule has 0 aromatic heterocycles. The summed E-state index contributed by atoms with van der Waals surface area (Å²) in [6.07, 6.45) is -2.35. The van der Waals surface area contributed by atoms with Gasteiger partial charge in [0.1, 0.15) is 24.9 Å². The molecule has 2 fully saturated rings. The topological polar surface area (TPSA) is 77.4 Å². The molecule has 1 spiro atoms. The van der Waals surface area contributed by atoms with E-state index in [4.69, 9.17) is 18.9 Å². The molecule has 2 N–H and O–H groups in total. The van der Waals surface area contributed by atoms with Gasteiger partial charge in [-0.2, -0.15) is 0 Å². The highest BCUT2D eigenvalue weighted by Gasteiger charge is 2.62. The first-order valence-corrected chi connectivity index (χ1v) is 7.01. The number of hydrogen-bond acceptors (Lipinski definition) is 6. The van der Waals surface area contributed by atoms with Crippen LogP contribution in [0.3, 0.4) is 0 Å². The Morgan fingerprint density at radius 3 is 2.40 bits per heavy atom. The molecular weight excluding hydrogens is 264 g/mol. The van der Waals surface area contributed by atoms with Gasteiger partial charge in [0.25, 0.3) is 0 Å². The molecule has 6 nitrogen and oxygen atoms in total. The summed E-state index contributed by atoms with van der Waals surface area (Å²) in [6, 6.07) is 0. The Kier molecular flexibility index (Phi) is 4.19. The summed E-state index contributed by atoms with van der Waals surface area (Å²) in [5, 5.41) is 19.6. The van der Waals surface area contributed by atoms with Gasteiger partial charge in [-0.1, -0.05) is 20.8 Å². The monoisotopic (exact) mass is 290 g/mol. The molecule has 0 aromatic carbocycles. The molecule has 0 radical (unpaired) electrons. The van der Waals surface area contributed by atoms with E-state index in [0.717, 1.165) is 0 Å². The second kappa shape index (κ2) is 5.19. The largest absolute Gasteiger partial charge is 0.394 e. The highest BCUT2D eigenvalue weighted by Crippen LogP contribution is 2.43. The molecule has 0 amide bonds. The van der Waals surface area contributed by atoms with Gasteiger partial charge in [0.05, 0.1) is 13.2 Å². The maximum Gasteiger partial charge on any atom is 0.224 e. The normalized spacial score (nSPS) is 40.6. The Morgan fingerprint density at radius 1 is 1.30 bits per heavy atom. The van der Waals surface area contributed by atoms with E-state index in [1.54, 1.807) is 13.8 Å². The Hall–Kier alpha value is -0.240. The lowest BCUT2D eigenvalue weighted by atomic mass is 9.98. The second-order valence-corrected chi connectivity index (χ2v) is 7.22. The quantitative estimate of drug-likeness (QED) is 0.794. The maximum absolute atomic E-state index is 10.3. The summed E-state index contributed by atoms with van der Waals surface area (Å²) in [7, 11) is 0. The van der Waals surface area contributed by atoms with Crippen molar-refractivity contribution in [3.05, 3.63) is 0 Å². The summed E-state index contributed by atoms with van der Waals surface area (Å²) in [6.45, 7) is 10.0. The minimum absolute atomic E-state index is 0.0484. The molecule has 0 saturated carbocycles. The molecule has 0 aliphatic carbocycles. The van der Waals surface area contributed by atoms with E-state index in [9.17, 15) is 10.2 Å². The van der Waals surface area contributed by atoms with E-state index in [2.05, 4.69) is 0 Å². The predicted molar refractivity (Wildman–Crippen MR) is 71.0 cm³/mol. The Bertz CT molecular complexity index is 350. The Morgan fingerprint density at radius 2 is 1.95 bits per heavy atom. The van der Waals surface area contributed by atoms with Crippen LogP contribution in [0.4, 0.5) is 0 Å². The van der Waals surface area contributed by atoms with Gasteiger partial charge in [-0.05, 0) is 19.3 Å². The molecule has 2 rings (SSSR count). The van der Waals surface area contributed by atoms with Gasteiger partial charge in [0.15, 0.2) is 5.79 Å². The van der Waals surface area contributed by atoms with Gasteiger partial charge in [0.2, 0.25) is 5.79 Å². The van der Waals surface area contributed by atoms with Crippen molar-refractivity contribution >= 4 is 0 Å². The highest BCUT2D eigenvalue weighted by atomic mass is 16.9. The molecule has 118 valence electrons. The summed E-state index contributed by atoms with van der Waals surface area (Å²) < 4.78 is 23.0. The van der Waals surface area contributed by atoms with Gasteiger partial charge in [-0.25, -0.2) is 0 Å². The van der Waals surface area contributed by atoms with E-state index in [1.165, 1.54) is 0 Å². The lowest BCUT2D eigenvalue weighted by Gasteiger charge is -2.32. The molecule has 2 saturated heterocycles. The number of aliphatic hydroxyl groups excluding tert-OH is 2. The van der Waals surface area contributed by atoms with Gasteiger partial charge >= 0.3 is 0 Å². The summed E-state index contributed by atoms with van der Waals surface area (Å²) >= 11 is 0. The van der Waals surface area contributed by atoms with Crippen molar-refractivity contribution < 1.29 is 29.2 Å². The third-order valence-corrected chi connectivity index (χ3v) is 3.39. The predicted octanol–water partition coefficient (Wildman–Crippen LogP) is 0.649. The van der Waals surface area contributed by atoms with Crippen molar-refractivity contribution in [1.29, 1.82) is 0 Å². The van der Waals surface area contributed by atoms with Crippen LogP contribution in [0.1, 0.15) is 34.6 Å². The number of hydrogen-bond donors (Lipinski definition) is 2. The summed E-state index contributed by atoms with van der Waals surface area (Å²) in [4.78, 5) is 0. The fraction of sp³-hybridized carbons (Fsp3) is 1.00. The molecule has 0 bridgehead atoms. The van der Waals surface area contributed by atoms with Crippen molar-refractivity contribution in [2.75, 3.05) is 19.8 Å². The molecule has 6 heteroatoms. The van der Waals surface area contributed by atoms with Gasteiger partial charge in [-0.15, -0.1) is 0 Å². The van der Waals surface area contributed by atoms with Crippen LogP contribution in [-0.4, -0.2) is 59.9 Å².